The van der Waals surface area contributed by atoms with E-state index in [9.17, 15) is 0 Å². The molecular formula is C6H10N2P+. The largest absolute Gasteiger partial charge is 0.213 e. The summed E-state index contributed by atoms with van der Waals surface area (Å²) < 4.78 is 2.13. The molecule has 1 heterocycles. The van der Waals surface area contributed by atoms with Gasteiger partial charge in [0.2, 0.25) is 5.69 Å². The summed E-state index contributed by atoms with van der Waals surface area (Å²) >= 11 is 0. The van der Waals surface area contributed by atoms with E-state index in [2.05, 4.69) is 16.6 Å². The Bertz CT molecular complexity index is 207. The Balaban J connectivity index is 2.51. The SMILES string of the molecule is Cn1[nH+]c2c(p1)CCC2. The quantitative estimate of drug-likeness (QED) is 0.511. The Kier molecular flexibility index (Phi) is 1.09. The number of rotatable bonds is 0. The van der Waals surface area contributed by atoms with Crippen molar-refractivity contribution in [2.24, 2.45) is 7.05 Å². The molecule has 9 heavy (non-hydrogen) atoms. The highest BCUT2D eigenvalue weighted by Gasteiger charge is 2.19. The molecular weight excluding hydrogens is 131 g/mol. The van der Waals surface area contributed by atoms with Crippen molar-refractivity contribution in [1.29, 1.82) is 0 Å². The lowest BCUT2D eigenvalue weighted by molar-refractivity contribution is -0.486. The van der Waals surface area contributed by atoms with E-state index in [0.717, 1.165) is 0 Å². The van der Waals surface area contributed by atoms with E-state index < -0.39 is 0 Å². The van der Waals surface area contributed by atoms with E-state index in [0.29, 0.717) is 0 Å². The van der Waals surface area contributed by atoms with Gasteiger partial charge >= 0.3 is 0 Å². The number of H-pyrrole nitrogens is 1. The van der Waals surface area contributed by atoms with Crippen LogP contribution in [0.5, 0.6) is 0 Å². The lowest BCUT2D eigenvalue weighted by Gasteiger charge is -1.78. The summed E-state index contributed by atoms with van der Waals surface area (Å²) in [5, 5.41) is 4.93. The predicted molar refractivity (Wildman–Crippen MR) is 36.5 cm³/mol. The molecule has 0 bridgehead atoms. The third kappa shape index (κ3) is 0.781. The Hall–Kier alpha value is -0.360. The minimum atomic E-state index is 1.27. The first-order valence-corrected chi connectivity index (χ1v) is 4.15. The molecule has 0 unspecified atom stereocenters. The molecule has 0 radical (unpaired) electrons. The van der Waals surface area contributed by atoms with Crippen LogP contribution in [0.1, 0.15) is 17.4 Å². The van der Waals surface area contributed by atoms with Crippen LogP contribution in [0.15, 0.2) is 0 Å². The van der Waals surface area contributed by atoms with Gasteiger partial charge in [0, 0.05) is 6.42 Å². The number of aromatic amines is 1. The molecule has 0 aliphatic heterocycles. The van der Waals surface area contributed by atoms with Crippen LogP contribution in [0.25, 0.3) is 0 Å². The summed E-state index contributed by atoms with van der Waals surface area (Å²) in [5.41, 5.74) is 1.49. The summed E-state index contributed by atoms with van der Waals surface area (Å²) in [5.74, 6) is 0. The topological polar surface area (TPSA) is 19.1 Å². The van der Waals surface area contributed by atoms with Gasteiger partial charge in [-0.05, 0) is 12.8 Å². The Morgan fingerprint density at radius 1 is 1.56 bits per heavy atom. The maximum atomic E-state index is 3.32. The van der Waals surface area contributed by atoms with E-state index >= 15 is 0 Å². The summed E-state index contributed by atoms with van der Waals surface area (Å²) in [4.78, 5) is 0. The van der Waals surface area contributed by atoms with E-state index in [4.69, 9.17) is 0 Å². The van der Waals surface area contributed by atoms with E-state index in [1.807, 2.05) is 0 Å². The van der Waals surface area contributed by atoms with Crippen molar-refractivity contribution in [2.45, 2.75) is 19.3 Å². The van der Waals surface area contributed by atoms with Crippen LogP contribution in [0.3, 0.4) is 0 Å². The van der Waals surface area contributed by atoms with Crippen LogP contribution >= 0.6 is 8.35 Å². The lowest BCUT2D eigenvalue weighted by atomic mass is 10.4. The Labute approximate surface area is 56.0 Å². The summed E-state index contributed by atoms with van der Waals surface area (Å²) in [7, 11) is 3.46. The zero-order valence-electron chi connectivity index (χ0n) is 5.52. The van der Waals surface area contributed by atoms with Crippen molar-refractivity contribution in [2.75, 3.05) is 0 Å². The maximum Gasteiger partial charge on any atom is 0.213 e. The molecule has 0 aromatic carbocycles. The highest BCUT2D eigenvalue weighted by molar-refractivity contribution is 7.26. The first-order valence-electron chi connectivity index (χ1n) is 3.30. The van der Waals surface area contributed by atoms with E-state index in [1.54, 1.807) is 5.30 Å². The van der Waals surface area contributed by atoms with Crippen LogP contribution in [-0.2, 0) is 19.9 Å². The van der Waals surface area contributed by atoms with Gasteiger partial charge in [0.05, 0.1) is 20.7 Å². The Morgan fingerprint density at radius 2 is 2.44 bits per heavy atom. The average Bonchev–Trinajstić information content (AvgIpc) is 2.22. The molecule has 1 aliphatic rings. The average molecular weight is 141 g/mol. The van der Waals surface area contributed by atoms with Crippen LogP contribution in [-0.4, -0.2) is 4.44 Å². The van der Waals surface area contributed by atoms with Gasteiger partial charge in [0.25, 0.3) is 0 Å². The highest BCUT2D eigenvalue weighted by Crippen LogP contribution is 2.24. The fourth-order valence-corrected chi connectivity index (χ4v) is 2.43. The second-order valence-corrected chi connectivity index (χ2v) is 3.85. The van der Waals surface area contributed by atoms with Crippen LogP contribution in [0, 0.1) is 0 Å². The molecule has 1 aliphatic carbocycles. The number of nitrogens with zero attached hydrogens (tertiary/aromatic N) is 1. The molecule has 1 N–H and O–H groups in total. The summed E-state index contributed by atoms with van der Waals surface area (Å²) in [6.45, 7) is 0. The number of nitrogens with one attached hydrogen (secondary N) is 1. The van der Waals surface area contributed by atoms with Crippen LogP contribution < -0.4 is 5.10 Å². The second-order valence-electron chi connectivity index (χ2n) is 2.51. The molecule has 1 aromatic heterocycles. The lowest BCUT2D eigenvalue weighted by Crippen LogP contribution is -2.15. The first kappa shape index (κ1) is 5.43. The molecule has 1 aromatic rings. The molecule has 2 nitrogen and oxygen atoms in total. The zero-order chi connectivity index (χ0) is 6.27. The number of hydrogen-bond acceptors (Lipinski definition) is 0. The number of fused-ring (bicyclic) bond motifs is 1. The molecule has 2 rings (SSSR count). The fourth-order valence-electron chi connectivity index (χ4n) is 1.36. The third-order valence-corrected chi connectivity index (χ3v) is 2.89. The van der Waals surface area contributed by atoms with E-state index in [-0.39, 0.29) is 0 Å². The fraction of sp³-hybridized carbons (Fsp3) is 0.667. The van der Waals surface area contributed by atoms with Crippen molar-refractivity contribution in [3.63, 3.8) is 0 Å². The van der Waals surface area contributed by atoms with Gasteiger partial charge in [0.15, 0.2) is 0 Å². The van der Waals surface area contributed by atoms with Crippen molar-refractivity contribution < 1.29 is 5.10 Å². The third-order valence-electron chi connectivity index (χ3n) is 1.76. The van der Waals surface area contributed by atoms with Crippen molar-refractivity contribution in [3.05, 3.63) is 11.0 Å². The number of aryl methyl sites for hydroxylation is 3. The molecule has 3 heteroatoms. The molecule has 0 atom stereocenters. The molecule has 0 spiro atoms. The zero-order valence-corrected chi connectivity index (χ0v) is 6.41. The predicted octanol–water partition coefficient (Wildman–Crippen LogP) is 0.908. The maximum absolute atomic E-state index is 3.32. The highest BCUT2D eigenvalue weighted by atomic mass is 31.0. The summed E-state index contributed by atoms with van der Waals surface area (Å²) in [6, 6.07) is 0. The molecule has 0 saturated carbocycles. The first-order chi connectivity index (χ1) is 4.36. The van der Waals surface area contributed by atoms with Gasteiger partial charge in [-0.2, -0.15) is 0 Å². The van der Waals surface area contributed by atoms with Crippen molar-refractivity contribution in [1.82, 2.24) is 4.44 Å². The standard InChI is InChI=1S/C6H9N2P/c1-8-7-5-3-2-4-6(5)9-8/h2-4H2,1H3/p+1. The number of hydrogen-bond donors (Lipinski definition) is 0. The van der Waals surface area contributed by atoms with Crippen LogP contribution in [0.2, 0.25) is 0 Å². The Morgan fingerprint density at radius 3 is 3.22 bits per heavy atom. The van der Waals surface area contributed by atoms with Gasteiger partial charge in [-0.25, -0.2) is 0 Å². The summed E-state index contributed by atoms with van der Waals surface area (Å²) in [6.07, 6.45) is 3.94. The van der Waals surface area contributed by atoms with Gasteiger partial charge in [0.1, 0.15) is 0 Å². The molecule has 0 amide bonds. The molecule has 48 valence electrons. The van der Waals surface area contributed by atoms with Crippen molar-refractivity contribution in [3.8, 4) is 0 Å². The minimum Gasteiger partial charge on any atom is -0.142 e. The number of aromatic nitrogens is 2. The van der Waals surface area contributed by atoms with Crippen LogP contribution in [0.4, 0.5) is 0 Å². The normalized spacial score (nSPS) is 17.0. The minimum absolute atomic E-state index is 1.27. The van der Waals surface area contributed by atoms with E-state index in [1.165, 1.54) is 33.3 Å². The second kappa shape index (κ2) is 1.81. The van der Waals surface area contributed by atoms with Gasteiger partial charge < -0.3 is 0 Å². The molecule has 0 fully saturated rings. The van der Waals surface area contributed by atoms with Gasteiger partial charge in [-0.15, -0.1) is 9.54 Å². The van der Waals surface area contributed by atoms with Gasteiger partial charge in [-0.3, -0.25) is 0 Å². The van der Waals surface area contributed by atoms with Gasteiger partial charge in [-0.1, -0.05) is 0 Å². The molecule has 0 saturated heterocycles. The van der Waals surface area contributed by atoms with Crippen molar-refractivity contribution >= 4 is 8.35 Å². The smallest absolute Gasteiger partial charge is 0.142 e. The monoisotopic (exact) mass is 141 g/mol.